The van der Waals surface area contributed by atoms with Gasteiger partial charge < -0.3 is 15.2 Å². The molecule has 0 atom stereocenters. The van der Waals surface area contributed by atoms with Crippen molar-refractivity contribution < 1.29 is 27.9 Å². The van der Waals surface area contributed by atoms with Crippen molar-refractivity contribution in [1.82, 2.24) is 4.98 Å². The van der Waals surface area contributed by atoms with Gasteiger partial charge in [0.25, 0.3) is 5.91 Å². The van der Waals surface area contributed by atoms with E-state index in [2.05, 4.69) is 5.32 Å². The van der Waals surface area contributed by atoms with Gasteiger partial charge in [0.1, 0.15) is 5.75 Å². The van der Waals surface area contributed by atoms with Crippen LogP contribution in [0.15, 0.2) is 112 Å². The molecular weight excluding hydrogens is 664 g/mol. The molecule has 0 aliphatic heterocycles. The molecule has 4 aromatic carbocycles. The van der Waals surface area contributed by atoms with E-state index in [4.69, 9.17) is 26.4 Å². The number of nitrogens with zero attached hydrogens (tertiary/aromatic N) is 1. The summed E-state index contributed by atoms with van der Waals surface area (Å²) in [4.78, 5) is 29.7. The molecule has 8 nitrogen and oxygen atoms in total. The number of amides is 1. The van der Waals surface area contributed by atoms with E-state index < -0.39 is 22.4 Å². The second-order valence-electron chi connectivity index (χ2n) is 10.2. The van der Waals surface area contributed by atoms with Crippen LogP contribution in [0.5, 0.6) is 5.75 Å². The molecule has 1 heterocycles. The van der Waals surface area contributed by atoms with Crippen molar-refractivity contribution in [3.63, 3.8) is 0 Å². The third-order valence-corrected chi connectivity index (χ3v) is 11.0. The molecule has 0 spiro atoms. The molecule has 0 saturated heterocycles. The predicted molar refractivity (Wildman–Crippen MR) is 183 cm³/mol. The molecule has 5 rings (SSSR count). The summed E-state index contributed by atoms with van der Waals surface area (Å²) in [5.74, 6) is -0.923. The SMILES string of the molecule is O=C(O)COc1ccc(CCCS(=O)(=O)c2ccc(Cl)cc2)cc1NC(=O)c1ccccc1CSc1nc(-c2ccccc2)cs1. The smallest absolute Gasteiger partial charge is 0.341 e. The number of anilines is 1. The van der Waals surface area contributed by atoms with Gasteiger partial charge in [-0.2, -0.15) is 0 Å². The number of halogens is 1. The Balaban J connectivity index is 1.28. The molecule has 46 heavy (non-hydrogen) atoms. The number of benzene rings is 4. The average Bonchev–Trinajstić information content (AvgIpc) is 3.53. The molecule has 0 unspecified atom stereocenters. The lowest BCUT2D eigenvalue weighted by Gasteiger charge is -2.15. The van der Waals surface area contributed by atoms with Crippen molar-refractivity contribution in [2.75, 3.05) is 17.7 Å². The van der Waals surface area contributed by atoms with Crippen LogP contribution in [0.3, 0.4) is 0 Å². The maximum absolute atomic E-state index is 13.6. The van der Waals surface area contributed by atoms with E-state index in [1.807, 2.05) is 47.8 Å². The van der Waals surface area contributed by atoms with Gasteiger partial charge in [-0.25, -0.2) is 18.2 Å². The Morgan fingerprint density at radius 3 is 2.46 bits per heavy atom. The molecule has 1 aromatic heterocycles. The van der Waals surface area contributed by atoms with Crippen LogP contribution in [-0.2, 0) is 26.8 Å². The zero-order valence-corrected chi connectivity index (χ0v) is 27.6. The number of carboxylic acids is 1. The Kier molecular flexibility index (Phi) is 11.1. The summed E-state index contributed by atoms with van der Waals surface area (Å²) in [6, 6.07) is 28.2. The Morgan fingerprint density at radius 1 is 0.957 bits per heavy atom. The molecule has 0 fully saturated rings. The number of carbonyl (C=O) groups excluding carboxylic acids is 1. The van der Waals surface area contributed by atoms with Crippen LogP contribution in [0.1, 0.15) is 27.9 Å². The molecule has 5 aromatic rings. The molecule has 236 valence electrons. The highest BCUT2D eigenvalue weighted by atomic mass is 35.5. The number of thioether (sulfide) groups is 1. The first kappa shape index (κ1) is 33.2. The molecule has 0 aliphatic carbocycles. The van der Waals surface area contributed by atoms with E-state index in [0.29, 0.717) is 34.9 Å². The normalized spacial score (nSPS) is 11.2. The van der Waals surface area contributed by atoms with Gasteiger partial charge in [-0.05, 0) is 66.4 Å². The topological polar surface area (TPSA) is 123 Å². The van der Waals surface area contributed by atoms with Crippen LogP contribution in [0.4, 0.5) is 5.69 Å². The number of ether oxygens (including phenoxy) is 1. The summed E-state index contributed by atoms with van der Waals surface area (Å²) in [6.07, 6.45) is 0.734. The number of thiazole rings is 1. The summed E-state index contributed by atoms with van der Waals surface area (Å²) in [7, 11) is -3.51. The Hall–Kier alpha value is -4.16. The van der Waals surface area contributed by atoms with Crippen LogP contribution < -0.4 is 10.1 Å². The quantitative estimate of drug-likeness (QED) is 0.113. The number of aromatic nitrogens is 1. The fourth-order valence-electron chi connectivity index (χ4n) is 4.58. The monoisotopic (exact) mass is 692 g/mol. The largest absolute Gasteiger partial charge is 0.480 e. The number of carboxylic acid groups (broad SMARTS) is 1. The maximum atomic E-state index is 13.6. The van der Waals surface area contributed by atoms with Crippen molar-refractivity contribution in [3.8, 4) is 17.0 Å². The van der Waals surface area contributed by atoms with E-state index in [0.717, 1.165) is 26.7 Å². The molecule has 12 heteroatoms. The summed E-state index contributed by atoms with van der Waals surface area (Å²) >= 11 is 8.97. The lowest BCUT2D eigenvalue weighted by Crippen LogP contribution is -2.16. The number of nitrogens with one attached hydrogen (secondary N) is 1. The first-order chi connectivity index (χ1) is 22.2. The number of aryl methyl sites for hydroxylation is 1. The van der Waals surface area contributed by atoms with Gasteiger partial charge >= 0.3 is 5.97 Å². The highest BCUT2D eigenvalue weighted by Crippen LogP contribution is 2.32. The maximum Gasteiger partial charge on any atom is 0.341 e. The lowest BCUT2D eigenvalue weighted by atomic mass is 10.1. The van der Waals surface area contributed by atoms with Crippen LogP contribution >= 0.6 is 34.7 Å². The molecule has 2 N–H and O–H groups in total. The van der Waals surface area contributed by atoms with Crippen molar-refractivity contribution in [2.24, 2.45) is 0 Å². The summed E-state index contributed by atoms with van der Waals surface area (Å²) in [6.45, 7) is -0.590. The number of hydrogen-bond acceptors (Lipinski definition) is 8. The Morgan fingerprint density at radius 2 is 1.70 bits per heavy atom. The Labute approximate surface area is 280 Å². The van der Waals surface area contributed by atoms with E-state index >= 15 is 0 Å². The van der Waals surface area contributed by atoms with E-state index in [1.165, 1.54) is 36.0 Å². The summed E-state index contributed by atoms with van der Waals surface area (Å²) in [5.41, 5.74) is 4.24. The Bertz CT molecular complexity index is 1930. The predicted octanol–water partition coefficient (Wildman–Crippen LogP) is 7.88. The van der Waals surface area contributed by atoms with Crippen molar-refractivity contribution >= 4 is 62.1 Å². The molecule has 0 saturated carbocycles. The number of aliphatic carboxylic acids is 1. The molecule has 0 radical (unpaired) electrons. The van der Waals surface area contributed by atoms with Gasteiger partial charge in [-0.15, -0.1) is 11.3 Å². The summed E-state index contributed by atoms with van der Waals surface area (Å²) < 4.78 is 31.9. The zero-order chi connectivity index (χ0) is 32.5. The minimum Gasteiger partial charge on any atom is -0.480 e. The van der Waals surface area contributed by atoms with Crippen LogP contribution in [-0.4, -0.2) is 42.7 Å². The standard InChI is InChI=1S/C34H29ClN2O6S3/c35-26-13-15-27(16-14-26)46(41,42)18-6-7-23-12-17-31(43-20-32(38)39)29(19-23)36-33(40)28-11-5-4-10-25(28)21-44-34-37-30(22-45-34)24-8-2-1-3-9-24/h1-5,8-17,19,22H,6-7,18,20-21H2,(H,36,40)(H,38,39). The highest BCUT2D eigenvalue weighted by molar-refractivity contribution is 8.00. The third-order valence-electron chi connectivity index (χ3n) is 6.86. The van der Waals surface area contributed by atoms with Gasteiger partial charge in [0.05, 0.1) is 22.0 Å². The van der Waals surface area contributed by atoms with Gasteiger partial charge in [0.15, 0.2) is 20.8 Å². The fraction of sp³-hybridized carbons (Fsp3) is 0.147. The van der Waals surface area contributed by atoms with Crippen molar-refractivity contribution in [1.29, 1.82) is 0 Å². The highest BCUT2D eigenvalue weighted by Gasteiger charge is 2.18. The van der Waals surface area contributed by atoms with E-state index in [9.17, 15) is 18.0 Å². The van der Waals surface area contributed by atoms with Crippen LogP contribution in [0, 0.1) is 0 Å². The number of sulfone groups is 1. The van der Waals surface area contributed by atoms with Crippen LogP contribution in [0.2, 0.25) is 5.02 Å². The first-order valence-corrected chi connectivity index (χ1v) is 18.1. The number of rotatable bonds is 14. The first-order valence-electron chi connectivity index (χ1n) is 14.2. The average molecular weight is 693 g/mol. The van der Waals surface area contributed by atoms with Crippen LogP contribution in [0.25, 0.3) is 11.3 Å². The van der Waals surface area contributed by atoms with Crippen molar-refractivity contribution in [3.05, 3.63) is 124 Å². The molecule has 0 aliphatic rings. The minimum absolute atomic E-state index is 0.0788. The van der Waals surface area contributed by atoms with Crippen molar-refractivity contribution in [2.45, 2.75) is 27.8 Å². The fourth-order valence-corrected chi connectivity index (χ4v) is 7.86. The second-order valence-corrected chi connectivity index (χ2v) is 14.8. The van der Waals surface area contributed by atoms with E-state index in [1.54, 1.807) is 41.7 Å². The van der Waals surface area contributed by atoms with Gasteiger partial charge in [-0.3, -0.25) is 4.79 Å². The molecular formula is C34H29ClN2O6S3. The van der Waals surface area contributed by atoms with E-state index in [-0.39, 0.29) is 22.3 Å². The zero-order valence-electron chi connectivity index (χ0n) is 24.4. The van der Waals surface area contributed by atoms with Gasteiger partial charge in [0, 0.05) is 27.3 Å². The van der Waals surface area contributed by atoms with Gasteiger partial charge in [0.2, 0.25) is 0 Å². The number of carbonyl (C=O) groups is 2. The minimum atomic E-state index is -3.51. The molecule has 1 amide bonds. The number of hydrogen-bond donors (Lipinski definition) is 2. The third kappa shape index (κ3) is 8.97. The van der Waals surface area contributed by atoms with Gasteiger partial charge in [-0.1, -0.05) is 78.0 Å². The lowest BCUT2D eigenvalue weighted by molar-refractivity contribution is -0.139. The second kappa shape index (κ2) is 15.4. The molecule has 0 bridgehead atoms. The summed E-state index contributed by atoms with van der Waals surface area (Å²) in [5, 5.41) is 14.5.